The number of ether oxygens (including phenoxy) is 1. The molecule has 2 N–H and O–H groups in total. The van der Waals surface area contributed by atoms with E-state index in [2.05, 4.69) is 11.8 Å². The summed E-state index contributed by atoms with van der Waals surface area (Å²) in [6, 6.07) is 11.8. The van der Waals surface area contributed by atoms with Crippen LogP contribution in [0.3, 0.4) is 0 Å². The van der Waals surface area contributed by atoms with E-state index in [9.17, 15) is 19.4 Å². The standard InChI is InChI=1S/C37H48F3N5O4/c1-2-3-7-14-42-19-27(31(40)21-42)20-45(37(48)44-23-33(46)34(47)24-44)35(26-12-15-49-16-13-26)36-41-32(29-17-28(38)10-11-30(29)39)22-43(36)18-25-8-5-4-6-9-25/h4-6,8-11,17,22,26-27,31,33-35,46-47H,2-3,7,12-16,18-21,23-24H2,1H3. The Morgan fingerprint density at radius 1 is 1.02 bits per heavy atom. The van der Waals surface area contributed by atoms with Crippen molar-refractivity contribution in [3.05, 3.63) is 77.8 Å². The number of halogens is 3. The second-order valence-corrected chi connectivity index (χ2v) is 13.8. The number of unbranched alkanes of at least 4 members (excludes halogenated alkanes) is 2. The molecule has 0 aliphatic carbocycles. The summed E-state index contributed by atoms with van der Waals surface area (Å²) in [5.74, 6) is -1.35. The number of nitrogens with zero attached hydrogens (tertiary/aromatic N) is 5. The van der Waals surface area contributed by atoms with Crippen molar-refractivity contribution < 1.29 is 32.9 Å². The molecule has 9 nitrogen and oxygen atoms in total. The maximum atomic E-state index is 15.9. The zero-order chi connectivity index (χ0) is 34.5. The van der Waals surface area contributed by atoms with Crippen molar-refractivity contribution in [3.63, 3.8) is 0 Å². The van der Waals surface area contributed by atoms with Gasteiger partial charge >= 0.3 is 6.03 Å². The van der Waals surface area contributed by atoms with Crippen LogP contribution in [0.1, 0.15) is 56.5 Å². The van der Waals surface area contributed by atoms with Crippen molar-refractivity contribution in [3.8, 4) is 11.3 Å². The lowest BCUT2D eigenvalue weighted by atomic mass is 9.89. The number of amides is 2. The van der Waals surface area contributed by atoms with Crippen molar-refractivity contribution in [2.75, 3.05) is 52.5 Å². The third kappa shape index (κ3) is 8.30. The highest BCUT2D eigenvalue weighted by Gasteiger charge is 2.44. The smallest absolute Gasteiger partial charge is 0.320 e. The molecule has 3 aromatic rings. The first kappa shape index (κ1) is 35.4. The number of carbonyl (C=O) groups is 1. The van der Waals surface area contributed by atoms with Gasteiger partial charge in [-0.25, -0.2) is 22.9 Å². The van der Waals surface area contributed by atoms with Crippen LogP contribution in [-0.4, -0.2) is 111 Å². The molecule has 5 unspecified atom stereocenters. The number of aliphatic hydroxyl groups excluding tert-OH is 2. The van der Waals surface area contributed by atoms with Gasteiger partial charge in [-0.05, 0) is 55.5 Å². The average molecular weight is 684 g/mol. The number of likely N-dealkylation sites (tertiary alicyclic amines) is 2. The first-order chi connectivity index (χ1) is 23.7. The molecule has 5 atom stereocenters. The highest BCUT2D eigenvalue weighted by atomic mass is 19.1. The van der Waals surface area contributed by atoms with E-state index in [0.717, 1.165) is 49.6 Å². The number of rotatable bonds is 12. The van der Waals surface area contributed by atoms with E-state index in [1.807, 2.05) is 34.9 Å². The van der Waals surface area contributed by atoms with Crippen LogP contribution < -0.4 is 0 Å². The summed E-state index contributed by atoms with van der Waals surface area (Å²) >= 11 is 0. The first-order valence-corrected chi connectivity index (χ1v) is 17.6. The minimum absolute atomic E-state index is 0.00443. The van der Waals surface area contributed by atoms with Gasteiger partial charge in [0.2, 0.25) is 0 Å². The Morgan fingerprint density at radius 3 is 2.47 bits per heavy atom. The zero-order valence-corrected chi connectivity index (χ0v) is 28.1. The lowest BCUT2D eigenvalue weighted by molar-refractivity contribution is 0.0205. The molecule has 3 fully saturated rings. The fraction of sp³-hybridized carbons (Fsp3) is 0.568. The minimum atomic E-state index is -1.15. The number of imidazole rings is 1. The number of carbonyl (C=O) groups excluding carboxylic acids is 1. The number of urea groups is 1. The van der Waals surface area contributed by atoms with E-state index < -0.39 is 48.0 Å². The van der Waals surface area contributed by atoms with Gasteiger partial charge in [-0.15, -0.1) is 0 Å². The number of aromatic nitrogens is 2. The van der Waals surface area contributed by atoms with Crippen LogP contribution in [0, 0.1) is 23.5 Å². The Hall–Kier alpha value is -3.45. The van der Waals surface area contributed by atoms with Gasteiger partial charge in [0.25, 0.3) is 0 Å². The minimum Gasteiger partial charge on any atom is -0.388 e. The molecule has 2 aromatic carbocycles. The van der Waals surface area contributed by atoms with Gasteiger partial charge in [0.1, 0.15) is 23.6 Å². The summed E-state index contributed by atoms with van der Waals surface area (Å²) in [6.07, 6.45) is 2.67. The van der Waals surface area contributed by atoms with Crippen molar-refractivity contribution in [2.45, 2.75) is 70.0 Å². The molecule has 49 heavy (non-hydrogen) atoms. The number of hydrogen-bond acceptors (Lipinski definition) is 6. The first-order valence-electron chi connectivity index (χ1n) is 17.6. The summed E-state index contributed by atoms with van der Waals surface area (Å²) in [5, 5.41) is 20.8. The van der Waals surface area contributed by atoms with E-state index in [-0.39, 0.29) is 36.8 Å². The van der Waals surface area contributed by atoms with Gasteiger partial charge in [0, 0.05) is 57.1 Å². The van der Waals surface area contributed by atoms with Crippen molar-refractivity contribution in [1.29, 1.82) is 0 Å². The molecule has 0 bridgehead atoms. The molecule has 0 saturated carbocycles. The van der Waals surface area contributed by atoms with Crippen LogP contribution in [0.4, 0.5) is 18.0 Å². The third-order valence-corrected chi connectivity index (χ3v) is 10.2. The second kappa shape index (κ2) is 16.1. The summed E-state index contributed by atoms with van der Waals surface area (Å²) in [7, 11) is 0. The number of alkyl halides is 1. The topological polar surface area (TPSA) is 94.3 Å². The van der Waals surface area contributed by atoms with Crippen LogP contribution in [0.2, 0.25) is 0 Å². The van der Waals surface area contributed by atoms with E-state index >= 15 is 8.78 Å². The van der Waals surface area contributed by atoms with Crippen LogP contribution in [0.15, 0.2) is 54.7 Å². The third-order valence-electron chi connectivity index (χ3n) is 10.2. The molecule has 2 amide bonds. The maximum Gasteiger partial charge on any atom is 0.320 e. The van der Waals surface area contributed by atoms with Crippen molar-refractivity contribution in [2.24, 2.45) is 11.8 Å². The largest absolute Gasteiger partial charge is 0.388 e. The molecule has 3 saturated heterocycles. The quantitative estimate of drug-likeness (QED) is 0.253. The summed E-state index contributed by atoms with van der Waals surface area (Å²) in [5.41, 5.74) is 1.18. The second-order valence-electron chi connectivity index (χ2n) is 13.8. The molecule has 3 aliphatic heterocycles. The average Bonchev–Trinajstić information content (AvgIpc) is 3.78. The van der Waals surface area contributed by atoms with Gasteiger partial charge in [0.05, 0.1) is 37.0 Å². The highest BCUT2D eigenvalue weighted by molar-refractivity contribution is 5.75. The molecule has 3 aliphatic rings. The molecule has 1 aromatic heterocycles. The Labute approximate surface area is 286 Å². The Morgan fingerprint density at radius 2 is 1.76 bits per heavy atom. The van der Waals surface area contributed by atoms with Crippen molar-refractivity contribution >= 4 is 6.03 Å². The van der Waals surface area contributed by atoms with Gasteiger partial charge < -0.3 is 29.3 Å². The molecule has 266 valence electrons. The van der Waals surface area contributed by atoms with Crippen LogP contribution in [0.5, 0.6) is 0 Å². The normalized spacial score (nSPS) is 24.1. The number of aliphatic hydroxyl groups is 2. The molecule has 12 heteroatoms. The SMILES string of the molecule is CCCCCN1CC(F)C(CN(C(=O)N2CC(O)C(O)C2)C(c2nc(-c3cc(F)ccc3F)cn2Cc2ccccc2)C2CCOCC2)C1. The number of β-amino-alcohol motifs (C(OH)–C–C–N with tert-alkyl or cyclic N) is 2. The van der Waals surface area contributed by atoms with Gasteiger partial charge in [-0.2, -0.15) is 0 Å². The zero-order valence-electron chi connectivity index (χ0n) is 28.1. The van der Waals surface area contributed by atoms with E-state index in [0.29, 0.717) is 51.5 Å². The van der Waals surface area contributed by atoms with Crippen LogP contribution >= 0.6 is 0 Å². The molecule has 0 radical (unpaired) electrons. The van der Waals surface area contributed by atoms with E-state index in [1.165, 1.54) is 4.90 Å². The lowest BCUT2D eigenvalue weighted by Gasteiger charge is -2.41. The molecule has 4 heterocycles. The van der Waals surface area contributed by atoms with Crippen LogP contribution in [0.25, 0.3) is 11.3 Å². The van der Waals surface area contributed by atoms with E-state index in [1.54, 1.807) is 11.1 Å². The fourth-order valence-electron chi connectivity index (χ4n) is 7.56. The number of benzene rings is 2. The Kier molecular flexibility index (Phi) is 11.6. The highest BCUT2D eigenvalue weighted by Crippen LogP contribution is 2.39. The number of hydrogen-bond donors (Lipinski definition) is 2. The predicted octanol–water partition coefficient (Wildman–Crippen LogP) is 5.26. The van der Waals surface area contributed by atoms with Gasteiger partial charge in [-0.1, -0.05) is 50.1 Å². The lowest BCUT2D eigenvalue weighted by Crippen LogP contribution is -2.50. The molecule has 0 spiro atoms. The van der Waals surface area contributed by atoms with Crippen molar-refractivity contribution in [1.82, 2.24) is 24.3 Å². The molecule has 6 rings (SSSR count). The summed E-state index contributed by atoms with van der Waals surface area (Å²) < 4.78 is 53.1. The molecular weight excluding hydrogens is 635 g/mol. The Balaban J connectivity index is 1.44. The van der Waals surface area contributed by atoms with Gasteiger partial charge in [0.15, 0.2) is 0 Å². The Bertz CT molecular complexity index is 1530. The summed E-state index contributed by atoms with van der Waals surface area (Å²) in [4.78, 5) is 24.9. The fourth-order valence-corrected chi connectivity index (χ4v) is 7.56. The monoisotopic (exact) mass is 683 g/mol. The van der Waals surface area contributed by atoms with E-state index in [4.69, 9.17) is 9.72 Å². The van der Waals surface area contributed by atoms with Gasteiger partial charge in [-0.3, -0.25) is 4.90 Å². The predicted molar refractivity (Wildman–Crippen MR) is 179 cm³/mol. The van der Waals surface area contributed by atoms with Crippen LogP contribution in [-0.2, 0) is 11.3 Å². The molecular formula is C37H48F3N5O4. The summed E-state index contributed by atoms with van der Waals surface area (Å²) in [6.45, 7) is 4.99. The maximum absolute atomic E-state index is 15.9.